The van der Waals surface area contributed by atoms with Gasteiger partial charge in [0.25, 0.3) is 0 Å². The molecule has 0 heterocycles. The third-order valence-corrected chi connectivity index (χ3v) is 3.10. The summed E-state index contributed by atoms with van der Waals surface area (Å²) in [6.07, 6.45) is 0. The summed E-state index contributed by atoms with van der Waals surface area (Å²) in [5.74, 6) is -1.07. The van der Waals surface area contributed by atoms with Crippen LogP contribution in [0.25, 0.3) is 0 Å². The first-order valence-electron chi connectivity index (χ1n) is 5.64. The molecule has 6 heteroatoms. The van der Waals surface area contributed by atoms with E-state index in [0.29, 0.717) is 10.6 Å². The molecule has 2 aromatic rings. The molecule has 0 radical (unpaired) electrons. The van der Waals surface area contributed by atoms with Gasteiger partial charge in [-0.15, -0.1) is 0 Å². The Hall–Kier alpha value is -1.72. The van der Waals surface area contributed by atoms with Crippen LogP contribution >= 0.6 is 23.8 Å². The van der Waals surface area contributed by atoms with Crippen LogP contribution in [0.15, 0.2) is 36.4 Å². The summed E-state index contributed by atoms with van der Waals surface area (Å²) in [4.78, 5) is 0.116. The fourth-order valence-corrected chi connectivity index (χ4v) is 1.97. The standard InChI is InChI=1S/C14H10ClF2NOS/c15-8-4-5-9(14(18)20)13(6-8)19-7-10-11(16)2-1-3-12(10)17/h1-6H,7H2,(H2,18,20). The molecular weight excluding hydrogens is 304 g/mol. The zero-order chi connectivity index (χ0) is 14.7. The molecule has 2 nitrogen and oxygen atoms in total. The summed E-state index contributed by atoms with van der Waals surface area (Å²) in [7, 11) is 0. The lowest BCUT2D eigenvalue weighted by Crippen LogP contribution is -2.12. The average Bonchev–Trinajstić information content (AvgIpc) is 2.37. The van der Waals surface area contributed by atoms with E-state index in [0.717, 1.165) is 12.1 Å². The number of hydrogen-bond donors (Lipinski definition) is 1. The minimum atomic E-state index is -0.677. The predicted molar refractivity (Wildman–Crippen MR) is 78.0 cm³/mol. The maximum absolute atomic E-state index is 13.5. The number of benzene rings is 2. The summed E-state index contributed by atoms with van der Waals surface area (Å²) in [6, 6.07) is 8.30. The van der Waals surface area contributed by atoms with Gasteiger partial charge in [-0.05, 0) is 30.3 Å². The van der Waals surface area contributed by atoms with Gasteiger partial charge in [-0.25, -0.2) is 8.78 Å². The van der Waals surface area contributed by atoms with E-state index in [1.165, 1.54) is 12.1 Å². The fraction of sp³-hybridized carbons (Fsp3) is 0.0714. The Morgan fingerprint density at radius 3 is 2.45 bits per heavy atom. The van der Waals surface area contributed by atoms with Gasteiger partial charge in [0.1, 0.15) is 29.0 Å². The van der Waals surface area contributed by atoms with Crippen LogP contribution in [-0.4, -0.2) is 4.99 Å². The number of hydrogen-bond acceptors (Lipinski definition) is 2. The molecule has 0 amide bonds. The average molecular weight is 314 g/mol. The number of halogens is 3. The molecule has 0 aliphatic rings. The van der Waals surface area contributed by atoms with Crippen molar-refractivity contribution in [3.8, 4) is 5.75 Å². The minimum Gasteiger partial charge on any atom is -0.488 e. The van der Waals surface area contributed by atoms with Gasteiger partial charge in [0.15, 0.2) is 0 Å². The summed E-state index contributed by atoms with van der Waals surface area (Å²) < 4.78 is 32.4. The summed E-state index contributed by atoms with van der Waals surface area (Å²) >= 11 is 10.7. The number of thiocarbonyl (C=S) groups is 1. The normalized spacial score (nSPS) is 10.3. The molecule has 104 valence electrons. The Bertz CT molecular complexity index is 643. The molecule has 0 fully saturated rings. The van der Waals surface area contributed by atoms with Crippen molar-refractivity contribution >= 4 is 28.8 Å². The quantitative estimate of drug-likeness (QED) is 0.871. The van der Waals surface area contributed by atoms with Crippen molar-refractivity contribution in [3.63, 3.8) is 0 Å². The maximum atomic E-state index is 13.5. The Labute approximate surface area is 125 Å². The van der Waals surface area contributed by atoms with E-state index in [4.69, 9.17) is 34.3 Å². The van der Waals surface area contributed by atoms with Gasteiger partial charge >= 0.3 is 0 Å². The topological polar surface area (TPSA) is 35.2 Å². The lowest BCUT2D eigenvalue weighted by molar-refractivity contribution is 0.292. The second-order valence-electron chi connectivity index (χ2n) is 3.99. The molecule has 2 aromatic carbocycles. The molecule has 2 rings (SSSR count). The highest BCUT2D eigenvalue weighted by Gasteiger charge is 2.12. The minimum absolute atomic E-state index is 0.116. The molecule has 20 heavy (non-hydrogen) atoms. The van der Waals surface area contributed by atoms with E-state index in [1.807, 2.05) is 0 Å². The van der Waals surface area contributed by atoms with E-state index in [2.05, 4.69) is 0 Å². The van der Waals surface area contributed by atoms with Crippen molar-refractivity contribution < 1.29 is 13.5 Å². The molecule has 2 N–H and O–H groups in total. The van der Waals surface area contributed by atoms with Gasteiger partial charge in [-0.3, -0.25) is 0 Å². The third-order valence-electron chi connectivity index (χ3n) is 2.64. The molecule has 0 aliphatic carbocycles. The molecule has 0 aliphatic heterocycles. The van der Waals surface area contributed by atoms with Gasteiger partial charge in [-0.1, -0.05) is 29.9 Å². The highest BCUT2D eigenvalue weighted by atomic mass is 35.5. The third kappa shape index (κ3) is 3.23. The zero-order valence-corrected chi connectivity index (χ0v) is 11.8. The summed E-state index contributed by atoms with van der Waals surface area (Å²) in [5.41, 5.74) is 5.85. The molecule has 0 unspecified atom stereocenters. The van der Waals surface area contributed by atoms with Gasteiger partial charge in [0.05, 0.1) is 11.1 Å². The maximum Gasteiger partial charge on any atom is 0.132 e. The van der Waals surface area contributed by atoms with Gasteiger partial charge in [0, 0.05) is 5.02 Å². The predicted octanol–water partition coefficient (Wildman–Crippen LogP) is 3.83. The van der Waals surface area contributed by atoms with Crippen molar-refractivity contribution in [1.29, 1.82) is 0 Å². The van der Waals surface area contributed by atoms with E-state index in [9.17, 15) is 8.78 Å². The van der Waals surface area contributed by atoms with Crippen molar-refractivity contribution in [2.24, 2.45) is 5.73 Å². The van der Waals surface area contributed by atoms with Crippen LogP contribution in [0.2, 0.25) is 5.02 Å². The van der Waals surface area contributed by atoms with Gasteiger partial charge in [-0.2, -0.15) is 0 Å². The Morgan fingerprint density at radius 2 is 1.85 bits per heavy atom. The second kappa shape index (κ2) is 6.15. The van der Waals surface area contributed by atoms with E-state index in [1.54, 1.807) is 12.1 Å². The molecule has 0 atom stereocenters. The monoisotopic (exact) mass is 313 g/mol. The molecule has 0 bridgehead atoms. The van der Waals surface area contributed by atoms with Crippen LogP contribution in [0.3, 0.4) is 0 Å². The first-order chi connectivity index (χ1) is 9.49. The second-order valence-corrected chi connectivity index (χ2v) is 4.87. The SMILES string of the molecule is NC(=S)c1ccc(Cl)cc1OCc1c(F)cccc1F. The number of nitrogens with two attached hydrogens (primary N) is 1. The first-order valence-corrected chi connectivity index (χ1v) is 6.42. The van der Waals surface area contributed by atoms with E-state index >= 15 is 0 Å². The van der Waals surface area contributed by atoms with Crippen LogP contribution in [0.4, 0.5) is 8.78 Å². The Kier molecular flexibility index (Phi) is 4.52. The van der Waals surface area contributed by atoms with Crippen LogP contribution in [-0.2, 0) is 6.61 Å². The first kappa shape index (κ1) is 14.7. The van der Waals surface area contributed by atoms with Crippen molar-refractivity contribution in [3.05, 3.63) is 64.2 Å². The van der Waals surface area contributed by atoms with Crippen molar-refractivity contribution in [1.82, 2.24) is 0 Å². The largest absolute Gasteiger partial charge is 0.488 e. The fourth-order valence-electron chi connectivity index (χ4n) is 1.64. The highest BCUT2D eigenvalue weighted by Crippen LogP contribution is 2.25. The van der Waals surface area contributed by atoms with Gasteiger partial charge < -0.3 is 10.5 Å². The van der Waals surface area contributed by atoms with E-state index in [-0.39, 0.29) is 22.9 Å². The lowest BCUT2D eigenvalue weighted by Gasteiger charge is -2.12. The van der Waals surface area contributed by atoms with Gasteiger partial charge in [0.2, 0.25) is 0 Å². The van der Waals surface area contributed by atoms with Crippen LogP contribution in [0.1, 0.15) is 11.1 Å². The molecule has 0 spiro atoms. The Balaban J connectivity index is 2.27. The highest BCUT2D eigenvalue weighted by molar-refractivity contribution is 7.80. The summed E-state index contributed by atoms with van der Waals surface area (Å²) in [6.45, 7) is -0.283. The zero-order valence-electron chi connectivity index (χ0n) is 10.2. The number of ether oxygens (including phenoxy) is 1. The van der Waals surface area contributed by atoms with Crippen LogP contribution in [0.5, 0.6) is 5.75 Å². The number of rotatable bonds is 4. The molecule has 0 saturated heterocycles. The molecule has 0 aromatic heterocycles. The van der Waals surface area contributed by atoms with E-state index < -0.39 is 11.6 Å². The smallest absolute Gasteiger partial charge is 0.132 e. The van der Waals surface area contributed by atoms with Crippen LogP contribution < -0.4 is 10.5 Å². The molecular formula is C14H10ClF2NOS. The van der Waals surface area contributed by atoms with Crippen molar-refractivity contribution in [2.45, 2.75) is 6.61 Å². The summed E-state index contributed by atoms with van der Waals surface area (Å²) in [5, 5.41) is 0.411. The lowest BCUT2D eigenvalue weighted by atomic mass is 10.2. The van der Waals surface area contributed by atoms with Crippen LogP contribution in [0, 0.1) is 11.6 Å². The molecule has 0 saturated carbocycles. The van der Waals surface area contributed by atoms with Crippen molar-refractivity contribution in [2.75, 3.05) is 0 Å². The Morgan fingerprint density at radius 1 is 1.20 bits per heavy atom.